The second kappa shape index (κ2) is 9.43. The van der Waals surface area contributed by atoms with Crippen LogP contribution in [-0.4, -0.2) is 37.1 Å². The zero-order valence-electron chi connectivity index (χ0n) is 18.7. The number of nitrogens with zero attached hydrogens (tertiary/aromatic N) is 2. The Morgan fingerprint density at radius 3 is 2.33 bits per heavy atom. The number of benzene rings is 3. The highest BCUT2D eigenvalue weighted by Crippen LogP contribution is 2.27. The molecule has 1 aliphatic heterocycles. The Bertz CT molecular complexity index is 1250. The predicted molar refractivity (Wildman–Crippen MR) is 133 cm³/mol. The molecular weight excluding hydrogens is 410 g/mol. The van der Waals surface area contributed by atoms with Crippen molar-refractivity contribution in [3.8, 4) is 16.9 Å². The molecule has 1 saturated heterocycles. The Hall–Kier alpha value is -3.70. The van der Waals surface area contributed by atoms with E-state index in [1.54, 1.807) is 7.11 Å². The number of hydrogen-bond donors (Lipinski definition) is 1. The third kappa shape index (κ3) is 4.45. The molecule has 0 bridgehead atoms. The fourth-order valence-electron chi connectivity index (χ4n) is 4.44. The number of aromatic nitrogens is 1. The summed E-state index contributed by atoms with van der Waals surface area (Å²) in [5, 5.41) is 5.59. The summed E-state index contributed by atoms with van der Waals surface area (Å²) >= 11 is 0. The molecule has 4 aromatic rings. The molecule has 3 aromatic carbocycles. The van der Waals surface area contributed by atoms with E-state index in [0.717, 1.165) is 53.6 Å². The van der Waals surface area contributed by atoms with Crippen molar-refractivity contribution < 1.29 is 9.53 Å². The molecule has 1 N–H and O–H groups in total. The van der Waals surface area contributed by atoms with Crippen LogP contribution in [0.5, 0.6) is 5.75 Å². The quantitative estimate of drug-likeness (QED) is 0.460. The SMILES string of the molecule is COc1ccc(-c2ccc(C(=O)N(c3cc4ccccc4cn3)[C@@H]3CCCNC3)cc2)cc1. The Morgan fingerprint density at radius 2 is 1.67 bits per heavy atom. The lowest BCUT2D eigenvalue weighted by atomic mass is 10.0. The Morgan fingerprint density at radius 1 is 0.970 bits per heavy atom. The van der Waals surface area contributed by atoms with Gasteiger partial charge in [-0.15, -0.1) is 0 Å². The summed E-state index contributed by atoms with van der Waals surface area (Å²) in [5.74, 6) is 1.50. The van der Waals surface area contributed by atoms with Crippen molar-refractivity contribution in [2.75, 3.05) is 25.1 Å². The summed E-state index contributed by atoms with van der Waals surface area (Å²) in [6.45, 7) is 1.75. The highest BCUT2D eigenvalue weighted by molar-refractivity contribution is 6.07. The van der Waals surface area contributed by atoms with Gasteiger partial charge >= 0.3 is 0 Å². The van der Waals surface area contributed by atoms with Crippen LogP contribution in [0.2, 0.25) is 0 Å². The fourth-order valence-corrected chi connectivity index (χ4v) is 4.44. The van der Waals surface area contributed by atoms with Gasteiger partial charge in [0.15, 0.2) is 0 Å². The molecule has 5 nitrogen and oxygen atoms in total. The zero-order valence-corrected chi connectivity index (χ0v) is 18.7. The van der Waals surface area contributed by atoms with Gasteiger partial charge in [-0.1, -0.05) is 48.5 Å². The Balaban J connectivity index is 1.47. The number of fused-ring (bicyclic) bond motifs is 1. The molecule has 1 atom stereocenters. The first kappa shape index (κ1) is 21.2. The van der Waals surface area contributed by atoms with E-state index in [1.165, 1.54) is 0 Å². The number of anilines is 1. The predicted octanol–water partition coefficient (Wildman–Crippen LogP) is 5.31. The maximum Gasteiger partial charge on any atom is 0.259 e. The molecule has 0 saturated carbocycles. The first-order valence-corrected chi connectivity index (χ1v) is 11.4. The van der Waals surface area contributed by atoms with Gasteiger partial charge in [0, 0.05) is 23.7 Å². The van der Waals surface area contributed by atoms with Crippen LogP contribution in [-0.2, 0) is 0 Å². The lowest BCUT2D eigenvalue weighted by Gasteiger charge is -2.34. The van der Waals surface area contributed by atoms with Crippen molar-refractivity contribution in [3.63, 3.8) is 0 Å². The van der Waals surface area contributed by atoms with Crippen LogP contribution < -0.4 is 15.0 Å². The molecule has 1 amide bonds. The van der Waals surface area contributed by atoms with Gasteiger partial charge in [-0.05, 0) is 66.2 Å². The van der Waals surface area contributed by atoms with Gasteiger partial charge in [0.2, 0.25) is 0 Å². The Labute approximate surface area is 194 Å². The highest BCUT2D eigenvalue weighted by atomic mass is 16.5. The second-order valence-corrected chi connectivity index (χ2v) is 8.37. The maximum absolute atomic E-state index is 13.8. The first-order chi connectivity index (χ1) is 16.2. The summed E-state index contributed by atoms with van der Waals surface area (Å²) in [6, 6.07) is 26.0. The number of nitrogens with one attached hydrogen (secondary N) is 1. The van der Waals surface area contributed by atoms with E-state index in [2.05, 4.69) is 16.4 Å². The summed E-state index contributed by atoms with van der Waals surface area (Å²) in [4.78, 5) is 20.3. The van der Waals surface area contributed by atoms with E-state index in [0.29, 0.717) is 11.4 Å². The molecule has 1 aliphatic rings. The number of carbonyl (C=O) groups excluding carboxylic acids is 1. The number of rotatable bonds is 5. The van der Waals surface area contributed by atoms with Crippen LogP contribution in [0.15, 0.2) is 85.1 Å². The fraction of sp³-hybridized carbons (Fsp3) is 0.214. The molecule has 166 valence electrons. The second-order valence-electron chi connectivity index (χ2n) is 8.37. The maximum atomic E-state index is 13.8. The minimum atomic E-state index is -0.0206. The van der Waals surface area contributed by atoms with Crippen molar-refractivity contribution in [1.82, 2.24) is 10.3 Å². The van der Waals surface area contributed by atoms with Gasteiger partial charge in [0.1, 0.15) is 11.6 Å². The van der Waals surface area contributed by atoms with Crippen LogP contribution in [0.3, 0.4) is 0 Å². The van der Waals surface area contributed by atoms with Crippen molar-refractivity contribution >= 4 is 22.5 Å². The van der Waals surface area contributed by atoms with Crippen molar-refractivity contribution in [2.45, 2.75) is 18.9 Å². The number of piperidine rings is 1. The smallest absolute Gasteiger partial charge is 0.259 e. The molecule has 2 heterocycles. The van der Waals surface area contributed by atoms with Crippen molar-refractivity contribution in [2.24, 2.45) is 0 Å². The molecule has 0 spiro atoms. The molecule has 0 radical (unpaired) electrons. The summed E-state index contributed by atoms with van der Waals surface area (Å²) in [5.41, 5.74) is 2.80. The van der Waals surface area contributed by atoms with E-state index >= 15 is 0 Å². The van der Waals surface area contributed by atoms with E-state index in [-0.39, 0.29) is 11.9 Å². The van der Waals surface area contributed by atoms with E-state index < -0.39 is 0 Å². The van der Waals surface area contributed by atoms with Crippen molar-refractivity contribution in [3.05, 3.63) is 90.6 Å². The van der Waals surface area contributed by atoms with Crippen LogP contribution in [0.4, 0.5) is 5.82 Å². The normalized spacial score (nSPS) is 15.8. The monoisotopic (exact) mass is 437 g/mol. The third-order valence-corrected chi connectivity index (χ3v) is 6.27. The van der Waals surface area contributed by atoms with E-state index in [9.17, 15) is 4.79 Å². The van der Waals surface area contributed by atoms with Crippen LogP contribution in [0, 0.1) is 0 Å². The molecule has 1 fully saturated rings. The minimum Gasteiger partial charge on any atom is -0.497 e. The zero-order chi connectivity index (χ0) is 22.6. The number of methoxy groups -OCH3 is 1. The average Bonchev–Trinajstić information content (AvgIpc) is 2.89. The molecule has 5 rings (SSSR count). The van der Waals surface area contributed by atoms with Crippen LogP contribution in [0.1, 0.15) is 23.2 Å². The van der Waals surface area contributed by atoms with Gasteiger partial charge in [0.25, 0.3) is 5.91 Å². The number of carbonyl (C=O) groups is 1. The minimum absolute atomic E-state index is 0.0206. The highest BCUT2D eigenvalue weighted by Gasteiger charge is 2.28. The topological polar surface area (TPSA) is 54.5 Å². The van der Waals surface area contributed by atoms with Gasteiger partial charge in [-0.3, -0.25) is 9.69 Å². The average molecular weight is 438 g/mol. The number of hydrogen-bond acceptors (Lipinski definition) is 4. The van der Waals surface area contributed by atoms with Crippen LogP contribution in [0.25, 0.3) is 21.9 Å². The van der Waals surface area contributed by atoms with Gasteiger partial charge < -0.3 is 10.1 Å². The standard InChI is InChI=1S/C28H27N3O2/c1-33-26-14-12-21(13-15-26)20-8-10-22(11-9-20)28(32)31(25-7-4-16-29-19-25)27-17-23-5-2-3-6-24(23)18-30-27/h2-3,5-6,8-15,17-18,25,29H,4,7,16,19H2,1H3/t25-/m1/s1. The summed E-state index contributed by atoms with van der Waals surface area (Å²) < 4.78 is 5.25. The largest absolute Gasteiger partial charge is 0.497 e. The third-order valence-electron chi connectivity index (χ3n) is 6.27. The lowest BCUT2D eigenvalue weighted by molar-refractivity contribution is 0.0971. The number of amides is 1. The first-order valence-electron chi connectivity index (χ1n) is 11.4. The molecule has 33 heavy (non-hydrogen) atoms. The number of pyridine rings is 1. The van der Waals surface area contributed by atoms with E-state index in [1.807, 2.05) is 83.9 Å². The number of ether oxygens (including phenoxy) is 1. The van der Waals surface area contributed by atoms with Crippen LogP contribution >= 0.6 is 0 Å². The molecular formula is C28H27N3O2. The van der Waals surface area contributed by atoms with Crippen molar-refractivity contribution in [1.29, 1.82) is 0 Å². The molecule has 1 aromatic heterocycles. The van der Waals surface area contributed by atoms with E-state index in [4.69, 9.17) is 4.74 Å². The molecule has 0 aliphatic carbocycles. The molecule has 0 unspecified atom stereocenters. The lowest BCUT2D eigenvalue weighted by Crippen LogP contribution is -2.49. The Kier molecular flexibility index (Phi) is 6.05. The van der Waals surface area contributed by atoms with Gasteiger partial charge in [-0.25, -0.2) is 4.98 Å². The summed E-state index contributed by atoms with van der Waals surface area (Å²) in [6.07, 6.45) is 3.85. The molecule has 5 heteroatoms. The summed E-state index contributed by atoms with van der Waals surface area (Å²) in [7, 11) is 1.66. The van der Waals surface area contributed by atoms with Gasteiger partial charge in [0.05, 0.1) is 13.2 Å². The van der Waals surface area contributed by atoms with Gasteiger partial charge in [-0.2, -0.15) is 0 Å².